The number of fused-ring (bicyclic) bond motifs is 1. The highest BCUT2D eigenvalue weighted by Crippen LogP contribution is 2.21. The maximum atomic E-state index is 12.3. The van der Waals surface area contributed by atoms with E-state index < -0.39 is 0 Å². The van der Waals surface area contributed by atoms with Crippen LogP contribution in [0.4, 0.5) is 11.4 Å². The first-order valence-corrected chi connectivity index (χ1v) is 7.68. The number of carbonyl (C=O) groups excluding carboxylic acids is 1. The van der Waals surface area contributed by atoms with E-state index in [1.807, 2.05) is 54.0 Å². The van der Waals surface area contributed by atoms with Gasteiger partial charge >= 0.3 is 0 Å². The molecule has 0 radical (unpaired) electrons. The molecule has 0 bridgehead atoms. The molecule has 118 valence electrons. The van der Waals surface area contributed by atoms with E-state index in [4.69, 9.17) is 5.73 Å². The fraction of sp³-hybridized carbons (Fsp3) is 0.222. The maximum Gasteiger partial charge on any atom is 0.244 e. The lowest BCUT2D eigenvalue weighted by Gasteiger charge is -2.09. The Balaban J connectivity index is 1.80. The standard InChI is InChI=1S/C18H20N4O/c1-3-13-7-9-14(10-8-13)21-17(23)11-22-12(2)20-18-15(19)5-4-6-16(18)22/h4-10H,3,11,19H2,1-2H3,(H,21,23). The average molecular weight is 308 g/mol. The van der Waals surface area contributed by atoms with Crippen molar-refractivity contribution in [2.24, 2.45) is 0 Å². The summed E-state index contributed by atoms with van der Waals surface area (Å²) in [6.07, 6.45) is 0.982. The summed E-state index contributed by atoms with van der Waals surface area (Å²) >= 11 is 0. The van der Waals surface area contributed by atoms with Gasteiger partial charge in [-0.3, -0.25) is 4.79 Å². The molecule has 1 aromatic heterocycles. The predicted molar refractivity (Wildman–Crippen MR) is 93.3 cm³/mol. The van der Waals surface area contributed by atoms with Crippen LogP contribution in [0, 0.1) is 6.92 Å². The van der Waals surface area contributed by atoms with E-state index >= 15 is 0 Å². The summed E-state index contributed by atoms with van der Waals surface area (Å²) in [5.41, 5.74) is 10.2. The lowest BCUT2D eigenvalue weighted by molar-refractivity contribution is -0.116. The molecular formula is C18H20N4O. The van der Waals surface area contributed by atoms with Crippen molar-refractivity contribution >= 4 is 28.3 Å². The van der Waals surface area contributed by atoms with Crippen molar-refractivity contribution in [2.75, 3.05) is 11.1 Å². The van der Waals surface area contributed by atoms with Crippen molar-refractivity contribution in [1.82, 2.24) is 9.55 Å². The highest BCUT2D eigenvalue weighted by molar-refractivity contribution is 5.93. The molecule has 0 saturated carbocycles. The van der Waals surface area contributed by atoms with E-state index in [-0.39, 0.29) is 12.5 Å². The van der Waals surface area contributed by atoms with Gasteiger partial charge in [-0.1, -0.05) is 25.1 Å². The highest BCUT2D eigenvalue weighted by Gasteiger charge is 2.12. The molecule has 5 nitrogen and oxygen atoms in total. The molecule has 0 aliphatic rings. The fourth-order valence-electron chi connectivity index (χ4n) is 2.65. The molecule has 3 N–H and O–H groups in total. The van der Waals surface area contributed by atoms with Crippen LogP contribution in [-0.2, 0) is 17.8 Å². The maximum absolute atomic E-state index is 12.3. The van der Waals surface area contributed by atoms with Crippen LogP contribution in [0.15, 0.2) is 42.5 Å². The molecule has 23 heavy (non-hydrogen) atoms. The third kappa shape index (κ3) is 3.04. The zero-order chi connectivity index (χ0) is 16.4. The van der Waals surface area contributed by atoms with Crippen LogP contribution in [0.5, 0.6) is 0 Å². The molecule has 0 spiro atoms. The van der Waals surface area contributed by atoms with Gasteiger partial charge in [0.2, 0.25) is 5.91 Å². The van der Waals surface area contributed by atoms with Gasteiger partial charge in [0.25, 0.3) is 0 Å². The number of carbonyl (C=O) groups is 1. The van der Waals surface area contributed by atoms with Crippen molar-refractivity contribution in [3.8, 4) is 0 Å². The largest absolute Gasteiger partial charge is 0.397 e. The molecule has 2 aromatic carbocycles. The number of benzene rings is 2. The molecule has 1 amide bonds. The van der Waals surface area contributed by atoms with Gasteiger partial charge in [0.15, 0.2) is 0 Å². The van der Waals surface area contributed by atoms with Crippen LogP contribution >= 0.6 is 0 Å². The summed E-state index contributed by atoms with van der Waals surface area (Å²) < 4.78 is 1.88. The highest BCUT2D eigenvalue weighted by atomic mass is 16.1. The Labute approximate surface area is 135 Å². The summed E-state index contributed by atoms with van der Waals surface area (Å²) in [6.45, 7) is 4.19. The molecule has 1 heterocycles. The number of hydrogen-bond acceptors (Lipinski definition) is 3. The van der Waals surface area contributed by atoms with Crippen LogP contribution in [0.25, 0.3) is 11.0 Å². The third-order valence-electron chi connectivity index (χ3n) is 3.95. The van der Waals surface area contributed by atoms with Gasteiger partial charge in [0.05, 0.1) is 11.2 Å². The van der Waals surface area contributed by atoms with Crippen LogP contribution in [-0.4, -0.2) is 15.5 Å². The second-order valence-electron chi connectivity index (χ2n) is 5.56. The Kier molecular flexibility index (Phi) is 4.02. The van der Waals surface area contributed by atoms with E-state index in [1.54, 1.807) is 0 Å². The molecule has 0 aliphatic carbocycles. The number of amides is 1. The number of imidazole rings is 1. The lowest BCUT2D eigenvalue weighted by atomic mass is 10.1. The van der Waals surface area contributed by atoms with Gasteiger partial charge in [0.1, 0.15) is 17.9 Å². The summed E-state index contributed by atoms with van der Waals surface area (Å²) in [6, 6.07) is 13.5. The molecular weight excluding hydrogens is 288 g/mol. The first-order valence-electron chi connectivity index (χ1n) is 7.68. The van der Waals surface area contributed by atoms with Crippen molar-refractivity contribution < 1.29 is 4.79 Å². The van der Waals surface area contributed by atoms with Gasteiger partial charge in [-0.15, -0.1) is 0 Å². The van der Waals surface area contributed by atoms with Crippen molar-refractivity contribution in [3.05, 3.63) is 53.9 Å². The van der Waals surface area contributed by atoms with E-state index in [9.17, 15) is 4.79 Å². The zero-order valence-corrected chi connectivity index (χ0v) is 13.3. The minimum absolute atomic E-state index is 0.0842. The quantitative estimate of drug-likeness (QED) is 0.727. The SMILES string of the molecule is CCc1ccc(NC(=O)Cn2c(C)nc3c(N)cccc32)cc1. The number of nitrogens with zero attached hydrogens (tertiary/aromatic N) is 2. The topological polar surface area (TPSA) is 72.9 Å². The first-order chi connectivity index (χ1) is 11.1. The van der Waals surface area contributed by atoms with Gasteiger partial charge in [-0.05, 0) is 43.2 Å². The van der Waals surface area contributed by atoms with Crippen LogP contribution in [0.1, 0.15) is 18.3 Å². The second kappa shape index (κ2) is 6.12. The number of nitrogens with one attached hydrogen (secondary N) is 1. The number of rotatable bonds is 4. The van der Waals surface area contributed by atoms with Crippen LogP contribution < -0.4 is 11.1 Å². The summed E-state index contributed by atoms with van der Waals surface area (Å²) in [5, 5.41) is 2.92. The second-order valence-corrected chi connectivity index (χ2v) is 5.56. The molecule has 3 aromatic rings. The first kappa shape index (κ1) is 15.1. The average Bonchev–Trinajstić information content (AvgIpc) is 2.86. The van der Waals surface area contributed by atoms with E-state index in [0.29, 0.717) is 5.69 Å². The molecule has 5 heteroatoms. The normalized spacial score (nSPS) is 10.9. The van der Waals surface area contributed by atoms with E-state index in [2.05, 4.69) is 17.2 Å². The number of aromatic nitrogens is 2. The summed E-state index contributed by atoms with van der Waals surface area (Å²) in [4.78, 5) is 16.8. The zero-order valence-electron chi connectivity index (χ0n) is 13.3. The van der Waals surface area contributed by atoms with Crippen molar-refractivity contribution in [1.29, 1.82) is 0 Å². The Morgan fingerprint density at radius 3 is 2.65 bits per heavy atom. The summed E-state index contributed by atoms with van der Waals surface area (Å²) in [7, 11) is 0. The van der Waals surface area contributed by atoms with Crippen LogP contribution in [0.3, 0.4) is 0 Å². The number of aryl methyl sites for hydroxylation is 2. The predicted octanol–water partition coefficient (Wildman–Crippen LogP) is 3.13. The Morgan fingerprint density at radius 1 is 1.22 bits per heavy atom. The summed E-state index contributed by atoms with van der Waals surface area (Å²) in [5.74, 6) is 0.688. The Morgan fingerprint density at radius 2 is 1.96 bits per heavy atom. The molecule has 0 unspecified atom stereocenters. The van der Waals surface area contributed by atoms with Crippen molar-refractivity contribution in [2.45, 2.75) is 26.8 Å². The van der Waals surface area contributed by atoms with Gasteiger partial charge < -0.3 is 15.6 Å². The van der Waals surface area contributed by atoms with Crippen molar-refractivity contribution in [3.63, 3.8) is 0 Å². The Bertz CT molecular complexity index is 849. The number of hydrogen-bond donors (Lipinski definition) is 2. The monoisotopic (exact) mass is 308 g/mol. The van der Waals surface area contributed by atoms with Gasteiger partial charge in [-0.2, -0.15) is 0 Å². The van der Waals surface area contributed by atoms with Crippen LogP contribution in [0.2, 0.25) is 0 Å². The molecule has 0 aliphatic heterocycles. The molecule has 0 atom stereocenters. The number of nitrogens with two attached hydrogens (primary N) is 1. The van der Waals surface area contributed by atoms with Gasteiger partial charge in [0, 0.05) is 5.69 Å². The molecule has 0 saturated heterocycles. The van der Waals surface area contributed by atoms with E-state index in [0.717, 1.165) is 29.0 Å². The van der Waals surface area contributed by atoms with E-state index in [1.165, 1.54) is 5.56 Å². The fourth-order valence-corrected chi connectivity index (χ4v) is 2.65. The number of nitrogen functional groups attached to an aromatic ring is 1. The molecule has 3 rings (SSSR count). The minimum atomic E-state index is -0.0842. The third-order valence-corrected chi connectivity index (χ3v) is 3.95. The van der Waals surface area contributed by atoms with Gasteiger partial charge in [-0.25, -0.2) is 4.98 Å². The smallest absolute Gasteiger partial charge is 0.244 e. The Hall–Kier alpha value is -2.82. The minimum Gasteiger partial charge on any atom is -0.397 e. The number of para-hydroxylation sites is 1. The molecule has 0 fully saturated rings. The lowest BCUT2D eigenvalue weighted by Crippen LogP contribution is -2.19. The number of anilines is 2.